The molecule has 0 heterocycles. The van der Waals surface area contributed by atoms with Crippen LogP contribution in [0.1, 0.15) is 71.6 Å². The maximum Gasteiger partial charge on any atom is 0.0661 e. The predicted octanol–water partition coefficient (Wildman–Crippen LogP) is 4.53. The molecule has 122 valence electrons. The van der Waals surface area contributed by atoms with Crippen molar-refractivity contribution in [2.45, 2.75) is 77.7 Å². The SMILES string of the molecule is C[C@]12CC[C@@H]3[C@H](CC[C@]4(C)[C@@H](C#N)CC[C@@H]34)[C@H]1CC[C@H](O)C2. The quantitative estimate of drug-likeness (QED) is 0.714. The summed E-state index contributed by atoms with van der Waals surface area (Å²) in [6, 6.07) is 2.64. The van der Waals surface area contributed by atoms with Crippen molar-refractivity contribution in [3.8, 4) is 6.07 Å². The lowest BCUT2D eigenvalue weighted by Crippen LogP contribution is -2.52. The zero-order valence-electron chi connectivity index (χ0n) is 14.2. The van der Waals surface area contributed by atoms with Gasteiger partial charge in [-0.15, -0.1) is 0 Å². The van der Waals surface area contributed by atoms with E-state index in [4.69, 9.17) is 0 Å². The first-order valence-corrected chi connectivity index (χ1v) is 9.55. The summed E-state index contributed by atoms with van der Waals surface area (Å²) in [5.74, 6) is 3.68. The van der Waals surface area contributed by atoms with E-state index in [9.17, 15) is 10.4 Å². The maximum atomic E-state index is 10.1. The van der Waals surface area contributed by atoms with Gasteiger partial charge in [-0.2, -0.15) is 5.26 Å². The molecule has 22 heavy (non-hydrogen) atoms. The Bertz CT molecular complexity index is 496. The van der Waals surface area contributed by atoms with E-state index in [1.54, 1.807) is 0 Å². The van der Waals surface area contributed by atoms with Crippen molar-refractivity contribution in [1.82, 2.24) is 0 Å². The van der Waals surface area contributed by atoms with E-state index < -0.39 is 0 Å². The molecule has 4 saturated carbocycles. The Morgan fingerprint density at radius 1 is 0.909 bits per heavy atom. The topological polar surface area (TPSA) is 44.0 Å². The molecule has 2 heteroatoms. The Hall–Kier alpha value is -0.550. The molecule has 4 rings (SSSR count). The first-order chi connectivity index (χ1) is 10.5. The minimum atomic E-state index is -0.0545. The molecule has 0 aliphatic heterocycles. The minimum absolute atomic E-state index is 0.0545. The van der Waals surface area contributed by atoms with E-state index in [1.807, 2.05) is 0 Å². The van der Waals surface area contributed by atoms with Gasteiger partial charge >= 0.3 is 0 Å². The van der Waals surface area contributed by atoms with Crippen LogP contribution < -0.4 is 0 Å². The molecular weight excluding hydrogens is 270 g/mol. The molecule has 0 aromatic carbocycles. The van der Waals surface area contributed by atoms with Crippen molar-refractivity contribution >= 4 is 0 Å². The summed E-state index contributed by atoms with van der Waals surface area (Å²) >= 11 is 0. The highest BCUT2D eigenvalue weighted by Crippen LogP contribution is 2.66. The van der Waals surface area contributed by atoms with Gasteiger partial charge in [-0.1, -0.05) is 13.8 Å². The summed E-state index contributed by atoms with van der Waals surface area (Å²) in [5, 5.41) is 19.7. The van der Waals surface area contributed by atoms with Crippen molar-refractivity contribution in [1.29, 1.82) is 5.26 Å². The molecule has 1 N–H and O–H groups in total. The van der Waals surface area contributed by atoms with Crippen LogP contribution in [-0.2, 0) is 0 Å². The molecule has 4 aliphatic rings. The number of fused-ring (bicyclic) bond motifs is 5. The largest absolute Gasteiger partial charge is 0.393 e. The number of hydrogen-bond donors (Lipinski definition) is 1. The molecule has 0 aromatic rings. The van der Waals surface area contributed by atoms with Crippen LogP contribution in [0.15, 0.2) is 0 Å². The third kappa shape index (κ3) is 1.94. The fourth-order valence-corrected chi connectivity index (χ4v) is 7.47. The van der Waals surface area contributed by atoms with Crippen LogP contribution in [0.25, 0.3) is 0 Å². The van der Waals surface area contributed by atoms with Crippen molar-refractivity contribution in [3.63, 3.8) is 0 Å². The smallest absolute Gasteiger partial charge is 0.0661 e. The highest BCUT2D eigenvalue weighted by molar-refractivity contribution is 5.11. The van der Waals surface area contributed by atoms with Gasteiger partial charge in [0.05, 0.1) is 18.1 Å². The van der Waals surface area contributed by atoms with Gasteiger partial charge < -0.3 is 5.11 Å². The molecule has 0 aromatic heterocycles. The maximum absolute atomic E-state index is 10.1. The normalized spacial score (nSPS) is 57.4. The summed E-state index contributed by atoms with van der Waals surface area (Å²) in [4.78, 5) is 0. The Morgan fingerprint density at radius 2 is 1.59 bits per heavy atom. The third-order valence-corrected chi connectivity index (χ3v) is 8.62. The Kier molecular flexibility index (Phi) is 3.39. The standard InChI is InChI=1S/C20H31NO/c1-19-9-7-16-15(17(19)6-4-14(22)11-19)8-10-20(2)13(12-21)3-5-18(16)20/h13-18,22H,3-11H2,1-2H3/t13-,14+,15+,16-,17-,18+,19-,20-/m1/s1. The summed E-state index contributed by atoms with van der Waals surface area (Å²) in [6.07, 6.45) is 10.9. The van der Waals surface area contributed by atoms with Crippen molar-refractivity contribution in [2.24, 2.45) is 40.4 Å². The number of aliphatic hydroxyl groups is 1. The Morgan fingerprint density at radius 3 is 2.36 bits per heavy atom. The van der Waals surface area contributed by atoms with Gasteiger partial charge in [0.2, 0.25) is 0 Å². The lowest BCUT2D eigenvalue weighted by Gasteiger charge is -2.59. The Balaban J connectivity index is 1.61. The Labute approximate surface area is 135 Å². The molecule has 0 spiro atoms. The number of aliphatic hydroxyl groups excluding tert-OH is 1. The molecule has 0 radical (unpaired) electrons. The summed E-state index contributed by atoms with van der Waals surface area (Å²) in [7, 11) is 0. The average Bonchev–Trinajstić information content (AvgIpc) is 2.82. The van der Waals surface area contributed by atoms with E-state index in [2.05, 4.69) is 19.9 Å². The highest BCUT2D eigenvalue weighted by atomic mass is 16.3. The summed E-state index contributed by atoms with van der Waals surface area (Å²) < 4.78 is 0. The van der Waals surface area contributed by atoms with Crippen LogP contribution in [0.4, 0.5) is 0 Å². The zero-order chi connectivity index (χ0) is 15.5. The molecule has 2 nitrogen and oxygen atoms in total. The van der Waals surface area contributed by atoms with Crippen molar-refractivity contribution in [3.05, 3.63) is 0 Å². The number of hydrogen-bond acceptors (Lipinski definition) is 2. The molecular formula is C20H31NO. The van der Waals surface area contributed by atoms with E-state index >= 15 is 0 Å². The van der Waals surface area contributed by atoms with Crippen LogP contribution in [0.5, 0.6) is 0 Å². The van der Waals surface area contributed by atoms with Crippen LogP contribution in [0, 0.1) is 51.8 Å². The van der Waals surface area contributed by atoms with Crippen molar-refractivity contribution in [2.75, 3.05) is 0 Å². The van der Waals surface area contributed by atoms with E-state index in [0.29, 0.717) is 16.7 Å². The average molecular weight is 301 g/mol. The fourth-order valence-electron chi connectivity index (χ4n) is 7.47. The van der Waals surface area contributed by atoms with Gasteiger partial charge in [-0.05, 0) is 92.3 Å². The molecule has 4 aliphatic carbocycles. The van der Waals surface area contributed by atoms with Gasteiger partial charge in [0.1, 0.15) is 0 Å². The summed E-state index contributed by atoms with van der Waals surface area (Å²) in [6.45, 7) is 4.88. The first-order valence-electron chi connectivity index (χ1n) is 9.55. The van der Waals surface area contributed by atoms with Crippen LogP contribution >= 0.6 is 0 Å². The number of nitriles is 1. The molecule has 0 bridgehead atoms. The first kappa shape index (κ1) is 15.0. The van der Waals surface area contributed by atoms with Gasteiger partial charge in [-0.3, -0.25) is 0 Å². The van der Waals surface area contributed by atoms with Crippen LogP contribution in [0.3, 0.4) is 0 Å². The summed E-state index contributed by atoms with van der Waals surface area (Å²) in [5.41, 5.74) is 0.692. The van der Waals surface area contributed by atoms with Crippen LogP contribution in [-0.4, -0.2) is 11.2 Å². The number of nitrogens with zero attached hydrogens (tertiary/aromatic N) is 1. The number of rotatable bonds is 0. The molecule has 4 fully saturated rings. The lowest BCUT2D eigenvalue weighted by atomic mass is 9.46. The van der Waals surface area contributed by atoms with E-state index in [0.717, 1.165) is 42.9 Å². The minimum Gasteiger partial charge on any atom is -0.393 e. The third-order valence-electron chi connectivity index (χ3n) is 8.62. The monoisotopic (exact) mass is 301 g/mol. The fraction of sp³-hybridized carbons (Fsp3) is 0.950. The molecule has 8 atom stereocenters. The van der Waals surface area contributed by atoms with Gasteiger partial charge in [0.25, 0.3) is 0 Å². The second-order valence-electron chi connectivity index (χ2n) is 9.47. The molecule has 0 amide bonds. The lowest BCUT2D eigenvalue weighted by molar-refractivity contribution is -0.112. The van der Waals surface area contributed by atoms with E-state index in [-0.39, 0.29) is 6.10 Å². The van der Waals surface area contributed by atoms with Gasteiger partial charge in [0.15, 0.2) is 0 Å². The second kappa shape index (κ2) is 4.97. The van der Waals surface area contributed by atoms with Gasteiger partial charge in [0, 0.05) is 0 Å². The van der Waals surface area contributed by atoms with Crippen LogP contribution in [0.2, 0.25) is 0 Å². The highest BCUT2D eigenvalue weighted by Gasteiger charge is 2.59. The molecule has 0 unspecified atom stereocenters. The second-order valence-corrected chi connectivity index (χ2v) is 9.47. The predicted molar refractivity (Wildman–Crippen MR) is 86.8 cm³/mol. The molecule has 0 saturated heterocycles. The van der Waals surface area contributed by atoms with Crippen molar-refractivity contribution < 1.29 is 5.11 Å². The zero-order valence-corrected chi connectivity index (χ0v) is 14.2. The van der Waals surface area contributed by atoms with Gasteiger partial charge in [-0.25, -0.2) is 0 Å². The van der Waals surface area contributed by atoms with E-state index in [1.165, 1.54) is 38.5 Å².